The molecule has 15 heavy (non-hydrogen) atoms. The molecule has 2 heterocycles. The van der Waals surface area contributed by atoms with Gasteiger partial charge in [-0.2, -0.15) is 0 Å². The molecule has 1 aliphatic heterocycles. The molecule has 0 unspecified atom stereocenters. The number of rotatable bonds is 1. The van der Waals surface area contributed by atoms with Crippen molar-refractivity contribution >= 4 is 27.1 Å². The summed E-state index contributed by atoms with van der Waals surface area (Å²) in [6, 6.07) is 3.59. The highest BCUT2D eigenvalue weighted by atomic mass is 35.5. The highest BCUT2D eigenvalue weighted by molar-refractivity contribution is 7.91. The van der Waals surface area contributed by atoms with Gasteiger partial charge < -0.3 is 4.90 Å². The number of pyridine rings is 1. The lowest BCUT2D eigenvalue weighted by Gasteiger charge is -2.28. The number of halogens is 1. The maximum absolute atomic E-state index is 11.2. The Morgan fingerprint density at radius 3 is 2.60 bits per heavy atom. The van der Waals surface area contributed by atoms with Gasteiger partial charge in [-0.15, -0.1) is 0 Å². The van der Waals surface area contributed by atoms with Gasteiger partial charge in [0.15, 0.2) is 9.84 Å². The first kappa shape index (κ1) is 10.7. The number of aromatic nitrogens is 1. The fourth-order valence-corrected chi connectivity index (χ4v) is 2.93. The second-order valence-corrected chi connectivity index (χ2v) is 6.17. The fourth-order valence-electron chi connectivity index (χ4n) is 1.56. The van der Waals surface area contributed by atoms with Crippen molar-refractivity contribution < 1.29 is 8.42 Å². The van der Waals surface area contributed by atoms with Crippen molar-refractivity contribution in [3.05, 3.63) is 23.5 Å². The Hall–Kier alpha value is -0.810. The molecule has 1 saturated heterocycles. The Labute approximate surface area is 93.8 Å². The van der Waals surface area contributed by atoms with Crippen LogP contribution in [0, 0.1) is 0 Å². The quantitative estimate of drug-likeness (QED) is 0.693. The summed E-state index contributed by atoms with van der Waals surface area (Å²) in [6.45, 7) is 1.06. The number of anilines is 1. The van der Waals surface area contributed by atoms with Crippen LogP contribution in [0.2, 0.25) is 5.15 Å². The van der Waals surface area contributed by atoms with Crippen molar-refractivity contribution in [3.8, 4) is 0 Å². The molecule has 4 nitrogen and oxygen atoms in total. The van der Waals surface area contributed by atoms with Crippen LogP contribution in [0.4, 0.5) is 5.69 Å². The third kappa shape index (κ3) is 2.60. The zero-order chi connectivity index (χ0) is 10.9. The molecule has 0 N–H and O–H groups in total. The number of hydrogen-bond acceptors (Lipinski definition) is 4. The molecule has 2 rings (SSSR count). The fraction of sp³-hybridized carbons (Fsp3) is 0.444. The van der Waals surface area contributed by atoms with E-state index in [1.807, 2.05) is 11.0 Å². The monoisotopic (exact) mass is 246 g/mol. The molecule has 1 aromatic rings. The largest absolute Gasteiger partial charge is 0.369 e. The summed E-state index contributed by atoms with van der Waals surface area (Å²) in [5.41, 5.74) is 0.935. The first-order chi connectivity index (χ1) is 7.07. The molecule has 0 spiro atoms. The van der Waals surface area contributed by atoms with E-state index in [9.17, 15) is 8.42 Å². The van der Waals surface area contributed by atoms with Crippen LogP contribution in [-0.4, -0.2) is 38.0 Å². The SMILES string of the molecule is O=S1(=O)CCN(c2ccnc(Cl)c2)CC1. The lowest BCUT2D eigenvalue weighted by atomic mass is 10.3. The van der Waals surface area contributed by atoms with Gasteiger partial charge in [0.2, 0.25) is 0 Å². The van der Waals surface area contributed by atoms with Gasteiger partial charge in [0.25, 0.3) is 0 Å². The highest BCUT2D eigenvalue weighted by Gasteiger charge is 2.21. The Morgan fingerprint density at radius 2 is 2.00 bits per heavy atom. The molecule has 0 atom stereocenters. The van der Waals surface area contributed by atoms with Crippen LogP contribution < -0.4 is 4.90 Å². The maximum atomic E-state index is 11.2. The highest BCUT2D eigenvalue weighted by Crippen LogP contribution is 2.19. The van der Waals surface area contributed by atoms with Crippen molar-refractivity contribution in [2.24, 2.45) is 0 Å². The molecule has 1 fully saturated rings. The molecule has 0 saturated carbocycles. The predicted octanol–water partition coefficient (Wildman–Crippen LogP) is 0.970. The third-order valence-electron chi connectivity index (χ3n) is 2.42. The molecular formula is C9H11ClN2O2S. The molecule has 0 bridgehead atoms. The van der Waals surface area contributed by atoms with Gasteiger partial charge in [-0.05, 0) is 12.1 Å². The van der Waals surface area contributed by atoms with Crippen molar-refractivity contribution in [1.29, 1.82) is 0 Å². The molecule has 0 radical (unpaired) electrons. The van der Waals surface area contributed by atoms with Crippen LogP contribution in [-0.2, 0) is 9.84 Å². The zero-order valence-electron chi connectivity index (χ0n) is 8.06. The van der Waals surface area contributed by atoms with Gasteiger partial charge in [0.05, 0.1) is 11.5 Å². The summed E-state index contributed by atoms with van der Waals surface area (Å²) in [6.07, 6.45) is 1.63. The van der Waals surface area contributed by atoms with E-state index in [4.69, 9.17) is 11.6 Å². The molecule has 0 aromatic carbocycles. The van der Waals surface area contributed by atoms with Crippen LogP contribution in [0.15, 0.2) is 18.3 Å². The lowest BCUT2D eigenvalue weighted by molar-refractivity contribution is 0.587. The average molecular weight is 247 g/mol. The topological polar surface area (TPSA) is 50.3 Å². The molecule has 0 aliphatic carbocycles. The number of sulfone groups is 1. The van der Waals surface area contributed by atoms with E-state index in [-0.39, 0.29) is 11.5 Å². The minimum absolute atomic E-state index is 0.215. The summed E-state index contributed by atoms with van der Waals surface area (Å²) in [7, 11) is -2.82. The lowest BCUT2D eigenvalue weighted by Crippen LogP contribution is -2.40. The molecule has 0 amide bonds. The summed E-state index contributed by atoms with van der Waals surface area (Å²) in [5.74, 6) is 0.430. The van der Waals surface area contributed by atoms with Crippen molar-refractivity contribution in [2.45, 2.75) is 0 Å². The summed E-state index contributed by atoms with van der Waals surface area (Å²) < 4.78 is 22.5. The van der Waals surface area contributed by atoms with Crippen LogP contribution in [0.3, 0.4) is 0 Å². The van der Waals surface area contributed by atoms with E-state index in [0.717, 1.165) is 5.69 Å². The average Bonchev–Trinajstić information content (AvgIpc) is 2.17. The Kier molecular flexibility index (Phi) is 2.84. The molecule has 6 heteroatoms. The standard InChI is InChI=1S/C9H11ClN2O2S/c10-9-7-8(1-2-11-9)12-3-5-15(13,14)6-4-12/h1-2,7H,3-6H2. The van der Waals surface area contributed by atoms with Crippen molar-refractivity contribution in [1.82, 2.24) is 4.98 Å². The zero-order valence-corrected chi connectivity index (χ0v) is 9.63. The second kappa shape index (κ2) is 3.98. The Balaban J connectivity index is 2.14. The second-order valence-electron chi connectivity index (χ2n) is 3.48. The molecular weight excluding hydrogens is 236 g/mol. The van der Waals surface area contributed by atoms with Gasteiger partial charge in [-0.3, -0.25) is 0 Å². The summed E-state index contributed by atoms with van der Waals surface area (Å²) in [5, 5.41) is 0.431. The van der Waals surface area contributed by atoms with E-state index in [1.165, 1.54) is 0 Å². The smallest absolute Gasteiger partial charge is 0.153 e. The van der Waals surface area contributed by atoms with Gasteiger partial charge in [-0.25, -0.2) is 13.4 Å². The van der Waals surface area contributed by atoms with Crippen LogP contribution in [0.5, 0.6) is 0 Å². The summed E-state index contributed by atoms with van der Waals surface area (Å²) in [4.78, 5) is 5.89. The Morgan fingerprint density at radius 1 is 1.33 bits per heavy atom. The summed E-state index contributed by atoms with van der Waals surface area (Å²) >= 11 is 5.76. The molecule has 82 valence electrons. The van der Waals surface area contributed by atoms with Crippen LogP contribution >= 0.6 is 11.6 Å². The van der Waals surface area contributed by atoms with E-state index in [0.29, 0.717) is 18.2 Å². The predicted molar refractivity (Wildman–Crippen MR) is 60.1 cm³/mol. The molecule has 1 aromatic heterocycles. The van der Waals surface area contributed by atoms with E-state index < -0.39 is 9.84 Å². The Bertz CT molecular complexity index is 447. The first-order valence-corrected chi connectivity index (χ1v) is 6.84. The van der Waals surface area contributed by atoms with E-state index in [2.05, 4.69) is 4.98 Å². The minimum atomic E-state index is -2.82. The van der Waals surface area contributed by atoms with Gasteiger partial charge >= 0.3 is 0 Å². The van der Waals surface area contributed by atoms with Gasteiger partial charge in [-0.1, -0.05) is 11.6 Å². The van der Waals surface area contributed by atoms with Crippen molar-refractivity contribution in [3.63, 3.8) is 0 Å². The van der Waals surface area contributed by atoms with Crippen molar-refractivity contribution in [2.75, 3.05) is 29.5 Å². The minimum Gasteiger partial charge on any atom is -0.369 e. The third-order valence-corrected chi connectivity index (χ3v) is 4.24. The van der Waals surface area contributed by atoms with Crippen LogP contribution in [0.25, 0.3) is 0 Å². The number of hydrogen-bond donors (Lipinski definition) is 0. The number of nitrogens with zero attached hydrogens (tertiary/aromatic N) is 2. The van der Waals surface area contributed by atoms with Crippen LogP contribution in [0.1, 0.15) is 0 Å². The normalized spacial score (nSPS) is 20.2. The molecule has 1 aliphatic rings. The van der Waals surface area contributed by atoms with Gasteiger partial charge in [0.1, 0.15) is 5.15 Å². The van der Waals surface area contributed by atoms with E-state index in [1.54, 1.807) is 12.3 Å². The first-order valence-electron chi connectivity index (χ1n) is 4.64. The van der Waals surface area contributed by atoms with E-state index >= 15 is 0 Å². The van der Waals surface area contributed by atoms with Gasteiger partial charge in [0, 0.05) is 25.0 Å². The maximum Gasteiger partial charge on any atom is 0.153 e.